The fourth-order valence-corrected chi connectivity index (χ4v) is 2.58. The van der Waals surface area contributed by atoms with Gasteiger partial charge in [0.05, 0.1) is 0 Å². The van der Waals surface area contributed by atoms with E-state index in [0.29, 0.717) is 0 Å². The highest BCUT2D eigenvalue weighted by molar-refractivity contribution is 6.25. The fraction of sp³-hybridized carbons (Fsp3) is 0.0526. The molecule has 1 nitrogen and oxygen atoms in total. The van der Waals surface area contributed by atoms with Crippen LogP contribution in [0.4, 0.5) is 0 Å². The molecular weight excluding hydrogens is 280 g/mol. The van der Waals surface area contributed by atoms with E-state index in [1.54, 1.807) is 0 Å². The SMILES string of the molecule is ClC(Oc1ccccc1)(c1ccccc1)c1ccccc1. The van der Waals surface area contributed by atoms with Gasteiger partial charge in [0, 0.05) is 11.1 Å². The van der Waals surface area contributed by atoms with Crippen LogP contribution in [-0.4, -0.2) is 0 Å². The lowest BCUT2D eigenvalue weighted by atomic mass is 10.0. The van der Waals surface area contributed by atoms with Gasteiger partial charge in [0.25, 0.3) is 0 Å². The predicted molar refractivity (Wildman–Crippen MR) is 86.6 cm³/mol. The maximum absolute atomic E-state index is 6.90. The molecule has 3 rings (SSSR count). The van der Waals surface area contributed by atoms with Gasteiger partial charge in [-0.2, -0.15) is 0 Å². The zero-order valence-electron chi connectivity index (χ0n) is 11.4. The molecule has 0 atom stereocenters. The summed E-state index contributed by atoms with van der Waals surface area (Å²) in [5.41, 5.74) is 1.81. The van der Waals surface area contributed by atoms with Gasteiger partial charge in [-0.3, -0.25) is 0 Å². The number of rotatable bonds is 4. The second kappa shape index (κ2) is 6.02. The lowest BCUT2D eigenvalue weighted by molar-refractivity contribution is 0.202. The number of hydrogen-bond acceptors (Lipinski definition) is 1. The largest absolute Gasteiger partial charge is 0.463 e. The Hall–Kier alpha value is -2.25. The van der Waals surface area contributed by atoms with Crippen LogP contribution in [0.5, 0.6) is 5.75 Å². The van der Waals surface area contributed by atoms with Crippen molar-refractivity contribution in [2.24, 2.45) is 0 Å². The Morgan fingerprint density at radius 1 is 0.571 bits per heavy atom. The van der Waals surface area contributed by atoms with Crippen LogP contribution in [0.15, 0.2) is 91.0 Å². The van der Waals surface area contributed by atoms with Gasteiger partial charge in [-0.05, 0) is 12.1 Å². The molecule has 0 N–H and O–H groups in total. The number of hydrogen-bond donors (Lipinski definition) is 0. The number of para-hydroxylation sites is 1. The highest BCUT2D eigenvalue weighted by Gasteiger charge is 2.34. The van der Waals surface area contributed by atoms with Crippen LogP contribution in [0.2, 0.25) is 0 Å². The minimum atomic E-state index is -1.04. The molecule has 0 saturated heterocycles. The third-order valence-electron chi connectivity index (χ3n) is 3.29. The Morgan fingerprint density at radius 2 is 0.952 bits per heavy atom. The molecule has 21 heavy (non-hydrogen) atoms. The zero-order chi connectivity index (χ0) is 14.5. The van der Waals surface area contributed by atoms with Crippen molar-refractivity contribution in [2.45, 2.75) is 5.06 Å². The van der Waals surface area contributed by atoms with Gasteiger partial charge in [-0.25, -0.2) is 0 Å². The van der Waals surface area contributed by atoms with Crippen molar-refractivity contribution < 1.29 is 4.74 Å². The smallest absolute Gasteiger partial charge is 0.234 e. The molecule has 0 aliphatic rings. The van der Waals surface area contributed by atoms with E-state index in [0.717, 1.165) is 16.9 Å². The molecule has 0 aromatic heterocycles. The Kier molecular flexibility index (Phi) is 3.94. The van der Waals surface area contributed by atoms with Crippen LogP contribution in [0, 0.1) is 0 Å². The second-order valence-corrected chi connectivity index (χ2v) is 5.27. The summed E-state index contributed by atoms with van der Waals surface area (Å²) in [6.07, 6.45) is 0. The lowest BCUT2D eigenvalue weighted by Crippen LogP contribution is -2.28. The summed E-state index contributed by atoms with van der Waals surface area (Å²) in [7, 11) is 0. The van der Waals surface area contributed by atoms with Crippen LogP contribution in [-0.2, 0) is 5.06 Å². The van der Waals surface area contributed by atoms with Crippen molar-refractivity contribution in [2.75, 3.05) is 0 Å². The van der Waals surface area contributed by atoms with Gasteiger partial charge >= 0.3 is 0 Å². The summed E-state index contributed by atoms with van der Waals surface area (Å²) in [6, 6.07) is 29.3. The Balaban J connectivity index is 2.07. The van der Waals surface area contributed by atoms with Crippen LogP contribution in [0.1, 0.15) is 11.1 Å². The number of ether oxygens (including phenoxy) is 1. The maximum Gasteiger partial charge on any atom is 0.234 e. The molecular formula is C19H15ClO. The average Bonchev–Trinajstić information content (AvgIpc) is 2.57. The predicted octanol–water partition coefficient (Wildman–Crippen LogP) is 5.21. The molecule has 0 fully saturated rings. The Bertz CT molecular complexity index is 641. The minimum absolute atomic E-state index is 0.736. The van der Waals surface area contributed by atoms with Crippen molar-refractivity contribution in [1.82, 2.24) is 0 Å². The quantitative estimate of drug-likeness (QED) is 0.601. The molecule has 3 aromatic carbocycles. The highest BCUT2D eigenvalue weighted by Crippen LogP contribution is 2.38. The summed E-state index contributed by atoms with van der Waals surface area (Å²) in [5, 5.41) is -1.04. The van der Waals surface area contributed by atoms with E-state index in [1.165, 1.54) is 0 Å². The molecule has 0 spiro atoms. The third kappa shape index (κ3) is 2.93. The number of benzene rings is 3. The second-order valence-electron chi connectivity index (χ2n) is 4.74. The Morgan fingerprint density at radius 3 is 1.38 bits per heavy atom. The van der Waals surface area contributed by atoms with Gasteiger partial charge < -0.3 is 4.74 Å². The monoisotopic (exact) mass is 294 g/mol. The first-order valence-electron chi connectivity index (χ1n) is 6.83. The van der Waals surface area contributed by atoms with E-state index in [2.05, 4.69) is 0 Å². The van der Waals surface area contributed by atoms with E-state index in [-0.39, 0.29) is 0 Å². The summed E-state index contributed by atoms with van der Waals surface area (Å²) in [6.45, 7) is 0. The molecule has 0 heterocycles. The molecule has 0 amide bonds. The number of halogens is 1. The fourth-order valence-electron chi connectivity index (χ4n) is 2.24. The normalized spacial score (nSPS) is 11.1. The molecule has 0 bridgehead atoms. The zero-order valence-corrected chi connectivity index (χ0v) is 12.2. The van der Waals surface area contributed by atoms with Gasteiger partial charge in [0.15, 0.2) is 0 Å². The first kappa shape index (κ1) is 13.7. The average molecular weight is 295 g/mol. The summed E-state index contributed by atoms with van der Waals surface area (Å²) < 4.78 is 6.14. The standard InChI is InChI=1S/C19H15ClO/c20-19(16-10-4-1-5-11-16,17-12-6-2-7-13-17)21-18-14-8-3-9-15-18/h1-15H. The van der Waals surface area contributed by atoms with Crippen LogP contribution >= 0.6 is 11.6 Å². The van der Waals surface area contributed by atoms with Gasteiger partial charge in [-0.15, -0.1) is 0 Å². The summed E-state index contributed by atoms with van der Waals surface area (Å²) >= 11 is 6.90. The summed E-state index contributed by atoms with van der Waals surface area (Å²) in [5.74, 6) is 0.736. The molecule has 0 aliphatic heterocycles. The molecule has 0 unspecified atom stereocenters. The first-order valence-corrected chi connectivity index (χ1v) is 7.21. The molecule has 104 valence electrons. The van der Waals surface area contributed by atoms with Crippen molar-refractivity contribution in [3.63, 3.8) is 0 Å². The maximum atomic E-state index is 6.90. The van der Waals surface area contributed by atoms with Gasteiger partial charge in [0.1, 0.15) is 5.75 Å². The molecule has 0 saturated carbocycles. The van der Waals surface area contributed by atoms with Crippen molar-refractivity contribution >= 4 is 11.6 Å². The van der Waals surface area contributed by atoms with Gasteiger partial charge in [-0.1, -0.05) is 90.5 Å². The molecule has 2 heteroatoms. The minimum Gasteiger partial charge on any atom is -0.463 e. The lowest BCUT2D eigenvalue weighted by Gasteiger charge is -2.29. The van der Waals surface area contributed by atoms with Crippen LogP contribution in [0.25, 0.3) is 0 Å². The van der Waals surface area contributed by atoms with Crippen molar-refractivity contribution in [3.05, 3.63) is 102 Å². The van der Waals surface area contributed by atoms with E-state index in [9.17, 15) is 0 Å². The van der Waals surface area contributed by atoms with E-state index in [1.807, 2.05) is 91.0 Å². The summed E-state index contributed by atoms with van der Waals surface area (Å²) in [4.78, 5) is 0. The van der Waals surface area contributed by atoms with Crippen molar-refractivity contribution in [1.29, 1.82) is 0 Å². The van der Waals surface area contributed by atoms with E-state index in [4.69, 9.17) is 16.3 Å². The molecule has 0 radical (unpaired) electrons. The van der Waals surface area contributed by atoms with E-state index >= 15 is 0 Å². The van der Waals surface area contributed by atoms with Crippen LogP contribution < -0.4 is 4.74 Å². The molecule has 0 aliphatic carbocycles. The number of alkyl halides is 1. The molecule has 3 aromatic rings. The van der Waals surface area contributed by atoms with E-state index < -0.39 is 5.06 Å². The highest BCUT2D eigenvalue weighted by atomic mass is 35.5. The topological polar surface area (TPSA) is 9.23 Å². The van der Waals surface area contributed by atoms with Crippen LogP contribution in [0.3, 0.4) is 0 Å². The Labute approximate surface area is 129 Å². The van der Waals surface area contributed by atoms with Crippen molar-refractivity contribution in [3.8, 4) is 5.75 Å². The first-order chi connectivity index (χ1) is 10.3. The van der Waals surface area contributed by atoms with Gasteiger partial charge in [0.2, 0.25) is 5.06 Å². The third-order valence-corrected chi connectivity index (χ3v) is 3.81.